The molecule has 23 heavy (non-hydrogen) atoms. The molecule has 6 nitrogen and oxygen atoms in total. The third-order valence-electron chi connectivity index (χ3n) is 3.26. The summed E-state index contributed by atoms with van der Waals surface area (Å²) in [5.74, 6) is 0. The quantitative estimate of drug-likeness (QED) is 0.852. The zero-order valence-corrected chi connectivity index (χ0v) is 14.7. The first-order chi connectivity index (χ1) is 10.7. The molecule has 1 aromatic rings. The lowest BCUT2D eigenvalue weighted by Crippen LogP contribution is -2.34. The molecule has 0 atom stereocenters. The maximum Gasteiger partial charge on any atom is 0.407 e. The summed E-state index contributed by atoms with van der Waals surface area (Å²) in [6.07, 6.45) is 2.15. The lowest BCUT2D eigenvalue weighted by molar-refractivity contribution is 0.136. The van der Waals surface area contributed by atoms with Crippen LogP contribution >= 0.6 is 0 Å². The summed E-state index contributed by atoms with van der Waals surface area (Å²) in [7, 11) is -3.58. The molecule has 0 bridgehead atoms. The van der Waals surface area contributed by atoms with E-state index in [0.717, 1.165) is 31.5 Å². The van der Waals surface area contributed by atoms with Gasteiger partial charge in [0.25, 0.3) is 10.1 Å². The van der Waals surface area contributed by atoms with Gasteiger partial charge in [-0.25, -0.2) is 4.79 Å². The van der Waals surface area contributed by atoms with Gasteiger partial charge >= 0.3 is 6.09 Å². The van der Waals surface area contributed by atoms with E-state index in [-0.39, 0.29) is 11.0 Å². The summed E-state index contributed by atoms with van der Waals surface area (Å²) >= 11 is 0. The molecule has 130 valence electrons. The second-order valence-corrected chi connectivity index (χ2v) is 7.31. The van der Waals surface area contributed by atoms with E-state index in [2.05, 4.69) is 0 Å². The van der Waals surface area contributed by atoms with E-state index in [0.29, 0.717) is 0 Å². The predicted octanol–water partition coefficient (Wildman–Crippen LogP) is 3.26. The van der Waals surface area contributed by atoms with Crippen molar-refractivity contribution >= 4 is 16.2 Å². The fourth-order valence-corrected chi connectivity index (χ4v) is 3.19. The maximum absolute atomic E-state index is 11.5. The normalized spacial score (nSPS) is 15.0. The van der Waals surface area contributed by atoms with Gasteiger partial charge in [0.2, 0.25) is 0 Å². The van der Waals surface area contributed by atoms with Gasteiger partial charge in [-0.05, 0) is 52.2 Å². The largest absolute Gasteiger partial charge is 0.465 e. The van der Waals surface area contributed by atoms with Gasteiger partial charge in [0.05, 0.1) is 11.0 Å². The van der Waals surface area contributed by atoms with Crippen LogP contribution in [0, 0.1) is 6.92 Å². The summed E-state index contributed by atoms with van der Waals surface area (Å²) < 4.78 is 27.9. The Morgan fingerprint density at radius 3 is 2.04 bits per heavy atom. The topological polar surface area (TPSA) is 83.9 Å². The van der Waals surface area contributed by atoms with E-state index in [1.54, 1.807) is 38.1 Å². The summed E-state index contributed by atoms with van der Waals surface area (Å²) in [5, 5.41) is 8.46. The van der Waals surface area contributed by atoms with Crippen LogP contribution in [0.1, 0.15) is 38.7 Å². The molecule has 0 spiro atoms. The van der Waals surface area contributed by atoms with Crippen LogP contribution in [-0.2, 0) is 14.3 Å². The smallest absolute Gasteiger partial charge is 0.407 e. The van der Waals surface area contributed by atoms with Crippen molar-refractivity contribution in [2.75, 3.05) is 13.1 Å². The number of piperidine rings is 1. The van der Waals surface area contributed by atoms with Gasteiger partial charge in [-0.3, -0.25) is 4.18 Å². The molecule has 1 aliphatic heterocycles. The summed E-state index contributed by atoms with van der Waals surface area (Å²) in [5.41, 5.74) is 1.02. The van der Waals surface area contributed by atoms with Crippen LogP contribution in [-0.4, -0.2) is 43.7 Å². The highest BCUT2D eigenvalue weighted by Gasteiger charge is 2.16. The van der Waals surface area contributed by atoms with Crippen molar-refractivity contribution in [2.24, 2.45) is 0 Å². The summed E-state index contributed by atoms with van der Waals surface area (Å²) in [4.78, 5) is 12.0. The molecule has 2 rings (SSSR count). The average molecular weight is 343 g/mol. The van der Waals surface area contributed by atoms with Crippen LogP contribution in [0.15, 0.2) is 29.2 Å². The third-order valence-corrected chi connectivity index (χ3v) is 4.74. The van der Waals surface area contributed by atoms with Crippen molar-refractivity contribution in [3.05, 3.63) is 29.8 Å². The fraction of sp³-hybridized carbons (Fsp3) is 0.562. The minimum Gasteiger partial charge on any atom is -0.465 e. The number of hydrogen-bond acceptors (Lipinski definition) is 4. The zero-order valence-electron chi connectivity index (χ0n) is 13.9. The Balaban J connectivity index is 0.000000253. The van der Waals surface area contributed by atoms with E-state index < -0.39 is 16.2 Å². The standard InChI is InChI=1S/C10H14O3S.C6H11NO2/c1-8(2)13-14(11,12)10-6-4-9(3)5-7-10;8-6(9)7-4-2-1-3-5-7/h4-8H,1-3H3;1-5H2,(H,8,9). The molecule has 1 aliphatic rings. The molecule has 0 unspecified atom stereocenters. The number of hydrogen-bond donors (Lipinski definition) is 1. The molecule has 0 saturated carbocycles. The van der Waals surface area contributed by atoms with Crippen molar-refractivity contribution < 1.29 is 22.5 Å². The van der Waals surface area contributed by atoms with Crippen molar-refractivity contribution in [1.29, 1.82) is 0 Å². The van der Waals surface area contributed by atoms with Crippen molar-refractivity contribution in [2.45, 2.75) is 51.0 Å². The summed E-state index contributed by atoms with van der Waals surface area (Å²) in [6, 6.07) is 6.59. The highest BCUT2D eigenvalue weighted by Crippen LogP contribution is 2.14. The van der Waals surface area contributed by atoms with Crippen LogP contribution < -0.4 is 0 Å². The van der Waals surface area contributed by atoms with Crippen LogP contribution in [0.3, 0.4) is 0 Å². The third kappa shape index (κ3) is 7.00. The van der Waals surface area contributed by atoms with Gasteiger partial charge in [-0.2, -0.15) is 8.42 Å². The Bertz CT molecular complexity index is 589. The number of nitrogens with zero attached hydrogens (tertiary/aromatic N) is 1. The number of carbonyl (C=O) groups is 1. The minimum atomic E-state index is -3.58. The Morgan fingerprint density at radius 2 is 1.65 bits per heavy atom. The van der Waals surface area contributed by atoms with Crippen molar-refractivity contribution in [3.63, 3.8) is 0 Å². The Morgan fingerprint density at radius 1 is 1.13 bits per heavy atom. The predicted molar refractivity (Wildman–Crippen MR) is 88.0 cm³/mol. The molecule has 0 radical (unpaired) electrons. The molecule has 1 N–H and O–H groups in total. The summed E-state index contributed by atoms with van der Waals surface area (Å²) in [6.45, 7) is 6.74. The van der Waals surface area contributed by atoms with Gasteiger partial charge < -0.3 is 10.0 Å². The van der Waals surface area contributed by atoms with Crippen LogP contribution in [0.4, 0.5) is 4.79 Å². The number of aryl methyl sites for hydroxylation is 1. The molecule has 1 fully saturated rings. The Kier molecular flexibility index (Phi) is 7.51. The Labute approximate surface area is 138 Å². The average Bonchev–Trinajstić information content (AvgIpc) is 2.48. The van der Waals surface area contributed by atoms with Gasteiger partial charge in [0.15, 0.2) is 0 Å². The lowest BCUT2D eigenvalue weighted by Gasteiger charge is -2.22. The number of likely N-dealkylation sites (tertiary alicyclic amines) is 1. The molecule has 0 aromatic heterocycles. The number of carboxylic acid groups (broad SMARTS) is 1. The highest BCUT2D eigenvalue weighted by atomic mass is 32.2. The molecule has 1 heterocycles. The van der Waals surface area contributed by atoms with E-state index in [1.807, 2.05) is 6.92 Å². The molecule has 7 heteroatoms. The monoisotopic (exact) mass is 343 g/mol. The first kappa shape index (κ1) is 19.4. The first-order valence-electron chi connectivity index (χ1n) is 7.70. The maximum atomic E-state index is 11.5. The molecule has 1 amide bonds. The van der Waals surface area contributed by atoms with E-state index in [1.165, 1.54) is 11.3 Å². The second-order valence-electron chi connectivity index (χ2n) is 5.74. The lowest BCUT2D eigenvalue weighted by atomic mass is 10.1. The molecule has 0 aliphatic carbocycles. The first-order valence-corrected chi connectivity index (χ1v) is 9.11. The minimum absolute atomic E-state index is 0.205. The van der Waals surface area contributed by atoms with Gasteiger partial charge in [0.1, 0.15) is 0 Å². The highest BCUT2D eigenvalue weighted by molar-refractivity contribution is 7.86. The van der Waals surface area contributed by atoms with Crippen LogP contribution in [0.2, 0.25) is 0 Å². The van der Waals surface area contributed by atoms with E-state index in [9.17, 15) is 13.2 Å². The Hall–Kier alpha value is -1.60. The molecular formula is C16H25NO5S. The van der Waals surface area contributed by atoms with Crippen LogP contribution in [0.25, 0.3) is 0 Å². The number of rotatable bonds is 3. The molecular weight excluding hydrogens is 318 g/mol. The van der Waals surface area contributed by atoms with Gasteiger partial charge in [-0.1, -0.05) is 17.7 Å². The van der Waals surface area contributed by atoms with Gasteiger partial charge in [-0.15, -0.1) is 0 Å². The molecule has 1 saturated heterocycles. The van der Waals surface area contributed by atoms with Crippen LogP contribution in [0.5, 0.6) is 0 Å². The van der Waals surface area contributed by atoms with Crippen molar-refractivity contribution in [1.82, 2.24) is 4.90 Å². The second kappa shape index (κ2) is 8.88. The number of amides is 1. The zero-order chi connectivity index (χ0) is 17.5. The van der Waals surface area contributed by atoms with E-state index >= 15 is 0 Å². The molecule has 1 aromatic carbocycles. The fourth-order valence-electron chi connectivity index (χ4n) is 2.10. The van der Waals surface area contributed by atoms with Gasteiger partial charge in [0, 0.05) is 13.1 Å². The van der Waals surface area contributed by atoms with E-state index in [4.69, 9.17) is 9.29 Å². The SMILES string of the molecule is Cc1ccc(S(=O)(=O)OC(C)C)cc1.O=C(O)N1CCCCC1. The number of benzene rings is 1. The van der Waals surface area contributed by atoms with Crippen molar-refractivity contribution in [3.8, 4) is 0 Å².